The molecule has 0 bridgehead atoms. The number of ether oxygens (including phenoxy) is 1. The summed E-state index contributed by atoms with van der Waals surface area (Å²) in [5, 5.41) is 1.94. The third-order valence-electron chi connectivity index (χ3n) is 3.19. The van der Waals surface area contributed by atoms with Crippen LogP contribution in [-0.2, 0) is 9.53 Å². The molecule has 0 fully saturated rings. The molecular formula is C14H13NO2. The first-order valence-electron chi connectivity index (χ1n) is 5.61. The summed E-state index contributed by atoms with van der Waals surface area (Å²) in [5.41, 5.74) is 3.21. The number of rotatable bonds is 1. The van der Waals surface area contributed by atoms with Crippen LogP contribution in [0.25, 0.3) is 17.7 Å². The van der Waals surface area contributed by atoms with Crippen molar-refractivity contribution < 1.29 is 9.53 Å². The lowest BCUT2D eigenvalue weighted by atomic mass is 9.94. The lowest BCUT2D eigenvalue weighted by Gasteiger charge is -2.17. The monoisotopic (exact) mass is 227 g/mol. The number of fused-ring (bicyclic) bond motifs is 1. The number of carbonyl (C=O) groups is 1. The van der Waals surface area contributed by atoms with Crippen molar-refractivity contribution in [2.75, 3.05) is 6.61 Å². The molecule has 1 atom stereocenters. The predicted octanol–water partition coefficient (Wildman–Crippen LogP) is 0.722. The number of carbonyl (C=O) groups excluding carboxylic acids is 1. The summed E-state index contributed by atoms with van der Waals surface area (Å²) in [6.45, 7) is 6.29. The molecule has 0 radical (unpaired) electrons. The van der Waals surface area contributed by atoms with E-state index in [2.05, 4.69) is 11.6 Å². The van der Waals surface area contributed by atoms with Crippen molar-refractivity contribution in [1.29, 1.82) is 0 Å². The first-order chi connectivity index (χ1) is 8.16. The van der Waals surface area contributed by atoms with E-state index in [1.807, 2.05) is 31.2 Å². The van der Waals surface area contributed by atoms with E-state index in [0.29, 0.717) is 6.61 Å². The van der Waals surface area contributed by atoms with E-state index in [0.717, 1.165) is 27.4 Å². The maximum atomic E-state index is 11.8. The van der Waals surface area contributed by atoms with Crippen molar-refractivity contribution in [3.63, 3.8) is 0 Å². The summed E-state index contributed by atoms with van der Waals surface area (Å²) in [5.74, 6) is -0.457. The van der Waals surface area contributed by atoms with Gasteiger partial charge in [0.05, 0.1) is 0 Å². The lowest BCUT2D eigenvalue weighted by molar-refractivity contribution is -0.144. The van der Waals surface area contributed by atoms with Crippen molar-refractivity contribution in [3.8, 4) is 0 Å². The molecule has 1 N–H and O–H groups in total. The van der Waals surface area contributed by atoms with Crippen LogP contribution in [0.2, 0.25) is 0 Å². The minimum absolute atomic E-state index is 0.175. The van der Waals surface area contributed by atoms with Crippen LogP contribution >= 0.6 is 0 Å². The van der Waals surface area contributed by atoms with Gasteiger partial charge in [0.2, 0.25) is 0 Å². The summed E-state index contributed by atoms with van der Waals surface area (Å²) < 4.78 is 5.06. The molecule has 1 aromatic rings. The van der Waals surface area contributed by atoms with Gasteiger partial charge in [0, 0.05) is 16.3 Å². The molecule has 2 aliphatic rings. The van der Waals surface area contributed by atoms with Gasteiger partial charge in [-0.3, -0.25) is 4.79 Å². The molecule has 1 unspecified atom stereocenters. The van der Waals surface area contributed by atoms with Gasteiger partial charge in [-0.2, -0.15) is 0 Å². The quantitative estimate of drug-likeness (QED) is 0.567. The molecule has 0 saturated heterocycles. The minimum atomic E-state index is -0.282. The Balaban J connectivity index is 2.12. The van der Waals surface area contributed by atoms with E-state index in [-0.39, 0.29) is 11.9 Å². The third-order valence-corrected chi connectivity index (χ3v) is 3.19. The van der Waals surface area contributed by atoms with Crippen LogP contribution in [0.5, 0.6) is 0 Å². The van der Waals surface area contributed by atoms with Crippen LogP contribution in [-0.4, -0.2) is 17.6 Å². The number of hydrogen-bond acceptors (Lipinski definition) is 2. The summed E-state index contributed by atoms with van der Waals surface area (Å²) in [6.07, 6.45) is 5.84. The van der Waals surface area contributed by atoms with Crippen LogP contribution in [0.15, 0.2) is 24.3 Å². The molecule has 1 aliphatic heterocycles. The van der Waals surface area contributed by atoms with E-state index in [1.54, 1.807) is 0 Å². The van der Waals surface area contributed by atoms with Crippen molar-refractivity contribution in [2.45, 2.75) is 6.92 Å². The van der Waals surface area contributed by atoms with Crippen LogP contribution in [0, 0.1) is 5.92 Å². The number of aromatic nitrogens is 1. The predicted molar refractivity (Wildman–Crippen MR) is 66.2 cm³/mol. The molecule has 3 heteroatoms. The first kappa shape index (κ1) is 10.1. The summed E-state index contributed by atoms with van der Waals surface area (Å²) >= 11 is 0. The molecule has 3 rings (SSSR count). The third kappa shape index (κ3) is 1.46. The van der Waals surface area contributed by atoms with E-state index >= 15 is 0 Å². The van der Waals surface area contributed by atoms with Gasteiger partial charge in [-0.1, -0.05) is 24.8 Å². The summed E-state index contributed by atoms with van der Waals surface area (Å²) in [6, 6.07) is 1.98. The van der Waals surface area contributed by atoms with Gasteiger partial charge in [0.15, 0.2) is 0 Å². The summed E-state index contributed by atoms with van der Waals surface area (Å²) in [7, 11) is 0. The van der Waals surface area contributed by atoms with E-state index in [4.69, 9.17) is 4.74 Å². The van der Waals surface area contributed by atoms with Gasteiger partial charge in [-0.15, -0.1) is 0 Å². The Morgan fingerprint density at radius 2 is 2.35 bits per heavy atom. The van der Waals surface area contributed by atoms with Gasteiger partial charge in [-0.05, 0) is 24.1 Å². The van der Waals surface area contributed by atoms with Crippen molar-refractivity contribution in [1.82, 2.24) is 4.98 Å². The number of esters is 1. The van der Waals surface area contributed by atoms with Crippen molar-refractivity contribution in [2.24, 2.45) is 5.92 Å². The van der Waals surface area contributed by atoms with Gasteiger partial charge < -0.3 is 9.72 Å². The van der Waals surface area contributed by atoms with Gasteiger partial charge in [0.25, 0.3) is 0 Å². The number of allylic oxidation sites excluding steroid dienone is 1. The topological polar surface area (TPSA) is 42.1 Å². The molecule has 0 amide bonds. The van der Waals surface area contributed by atoms with Crippen molar-refractivity contribution >= 4 is 23.7 Å². The van der Waals surface area contributed by atoms with Crippen LogP contribution in [0.1, 0.15) is 12.5 Å². The Labute approximate surface area is 98.8 Å². The number of aromatic amines is 1. The average Bonchev–Trinajstić information content (AvgIpc) is 2.80. The second kappa shape index (κ2) is 3.48. The zero-order valence-electron chi connectivity index (χ0n) is 9.62. The molecule has 3 nitrogen and oxygen atoms in total. The van der Waals surface area contributed by atoms with E-state index < -0.39 is 0 Å². The smallest absolute Gasteiger partial charge is 0.317 e. The fraction of sp³-hybridized carbons (Fsp3) is 0.214. The first-order valence-corrected chi connectivity index (χ1v) is 5.61. The minimum Gasteiger partial charge on any atom is -0.461 e. The highest BCUT2D eigenvalue weighted by molar-refractivity contribution is 5.96. The number of H-pyrrole nitrogens is 1. The molecule has 0 saturated carbocycles. The maximum Gasteiger partial charge on any atom is 0.317 e. The Hall–Kier alpha value is -2.03. The maximum absolute atomic E-state index is 11.8. The van der Waals surface area contributed by atoms with E-state index in [1.165, 1.54) is 0 Å². The number of hydrogen-bond donors (Lipinski definition) is 1. The van der Waals surface area contributed by atoms with Gasteiger partial charge in [-0.25, -0.2) is 0 Å². The molecule has 0 aromatic carbocycles. The second-order valence-electron chi connectivity index (χ2n) is 4.40. The second-order valence-corrected chi connectivity index (χ2v) is 4.40. The van der Waals surface area contributed by atoms with Crippen LogP contribution < -0.4 is 10.7 Å². The number of cyclic esters (lactones) is 1. The molecule has 86 valence electrons. The molecule has 1 aliphatic carbocycles. The molecule has 0 spiro atoms. The average molecular weight is 227 g/mol. The largest absolute Gasteiger partial charge is 0.461 e. The van der Waals surface area contributed by atoms with Crippen LogP contribution in [0.4, 0.5) is 0 Å². The standard InChI is InChI=1S/C14H13NO2/c1-8-6-11(10-4-3-5-17-14(10)16)12-7-9(2)15-13(8)12/h3-4,6-7,10,15H,2,5H2,1H3. The van der Waals surface area contributed by atoms with E-state index in [9.17, 15) is 4.79 Å². The zero-order valence-corrected chi connectivity index (χ0v) is 9.62. The molecule has 1 aromatic heterocycles. The normalized spacial score (nSPS) is 22.4. The highest BCUT2D eigenvalue weighted by Gasteiger charge is 2.28. The Bertz CT molecular complexity index is 661. The van der Waals surface area contributed by atoms with Gasteiger partial charge in [0.1, 0.15) is 12.5 Å². The molecule has 17 heavy (non-hydrogen) atoms. The zero-order chi connectivity index (χ0) is 12.0. The summed E-state index contributed by atoms with van der Waals surface area (Å²) in [4.78, 5) is 15.0. The molecule has 2 heterocycles. The highest BCUT2D eigenvalue weighted by atomic mass is 16.5. The Morgan fingerprint density at radius 3 is 3.12 bits per heavy atom. The fourth-order valence-electron chi connectivity index (χ4n) is 2.41. The Kier molecular flexibility index (Phi) is 2.08. The van der Waals surface area contributed by atoms with Crippen LogP contribution in [0.3, 0.4) is 0 Å². The number of nitrogens with one attached hydrogen (secondary N) is 1. The fourth-order valence-corrected chi connectivity index (χ4v) is 2.41. The Morgan fingerprint density at radius 1 is 1.53 bits per heavy atom. The SMILES string of the molecule is C=c1cc2c([nH]1)=C(C)C=C2C1C=CCOC1=O. The van der Waals surface area contributed by atoms with Gasteiger partial charge >= 0.3 is 5.97 Å². The lowest BCUT2D eigenvalue weighted by Crippen LogP contribution is -2.21. The molecular weight excluding hydrogens is 214 g/mol. The van der Waals surface area contributed by atoms with Crippen molar-refractivity contribution in [3.05, 3.63) is 40.6 Å². The highest BCUT2D eigenvalue weighted by Crippen LogP contribution is 2.29.